The Labute approximate surface area is 98.2 Å². The largest absolute Gasteiger partial charge is 0.508 e. The first-order chi connectivity index (χ1) is 8.25. The third-order valence-corrected chi connectivity index (χ3v) is 2.69. The molecule has 1 N–H and O–H groups in total. The number of hydrogen-bond donors (Lipinski definition) is 1. The van der Waals surface area contributed by atoms with Gasteiger partial charge < -0.3 is 5.11 Å². The summed E-state index contributed by atoms with van der Waals surface area (Å²) < 4.78 is 1.97. The lowest BCUT2D eigenvalue weighted by atomic mass is 10.3. The molecule has 3 rings (SSSR count). The van der Waals surface area contributed by atoms with Crippen molar-refractivity contribution in [2.45, 2.75) is 6.92 Å². The number of phenolic OH excluding ortho intramolecular Hbond substituents is 1. The predicted molar refractivity (Wildman–Crippen MR) is 65.3 cm³/mol. The lowest BCUT2D eigenvalue weighted by Crippen LogP contribution is -1.97. The number of phenols is 1. The molecular formula is C13H11N3O. The van der Waals surface area contributed by atoms with Crippen LogP contribution in [0.25, 0.3) is 16.9 Å². The van der Waals surface area contributed by atoms with Crippen molar-refractivity contribution in [3.63, 3.8) is 0 Å². The molecule has 3 aromatic rings. The van der Waals surface area contributed by atoms with E-state index in [0.29, 0.717) is 0 Å². The highest BCUT2D eigenvalue weighted by atomic mass is 16.3. The Bertz CT molecular complexity index is 671. The highest BCUT2D eigenvalue weighted by molar-refractivity contribution is 5.73. The van der Waals surface area contributed by atoms with Crippen molar-refractivity contribution in [1.29, 1.82) is 0 Å². The fourth-order valence-electron chi connectivity index (χ4n) is 1.94. The normalized spacial score (nSPS) is 10.9. The molecule has 0 fully saturated rings. The zero-order chi connectivity index (χ0) is 11.8. The minimum atomic E-state index is 0.254. The highest BCUT2D eigenvalue weighted by Crippen LogP contribution is 2.20. The molecule has 0 amide bonds. The van der Waals surface area contributed by atoms with Crippen molar-refractivity contribution >= 4 is 11.2 Å². The minimum Gasteiger partial charge on any atom is -0.508 e. The number of aryl methyl sites for hydroxylation is 1. The summed E-state index contributed by atoms with van der Waals surface area (Å²) in [5, 5.41) is 9.30. The van der Waals surface area contributed by atoms with Gasteiger partial charge in [-0.2, -0.15) is 0 Å². The molecule has 0 saturated heterocycles. The maximum absolute atomic E-state index is 9.30. The minimum absolute atomic E-state index is 0.254. The molecule has 0 aliphatic rings. The maximum Gasteiger partial charge on any atom is 0.164 e. The van der Waals surface area contributed by atoms with Crippen molar-refractivity contribution in [3.05, 3.63) is 48.4 Å². The third-order valence-electron chi connectivity index (χ3n) is 2.69. The van der Waals surface area contributed by atoms with Gasteiger partial charge in [0.1, 0.15) is 17.1 Å². The van der Waals surface area contributed by atoms with Gasteiger partial charge in [0.25, 0.3) is 0 Å². The second kappa shape index (κ2) is 3.59. The topological polar surface area (TPSA) is 50.9 Å². The van der Waals surface area contributed by atoms with Gasteiger partial charge in [0.05, 0.1) is 0 Å². The molecule has 0 saturated carbocycles. The molecule has 4 heteroatoms. The van der Waals surface area contributed by atoms with E-state index in [2.05, 4.69) is 9.97 Å². The Morgan fingerprint density at radius 2 is 1.88 bits per heavy atom. The summed E-state index contributed by atoms with van der Waals surface area (Å²) in [6.07, 6.45) is 1.75. The number of fused-ring (bicyclic) bond motifs is 1. The lowest BCUT2D eigenvalue weighted by molar-refractivity contribution is 0.475. The van der Waals surface area contributed by atoms with Gasteiger partial charge in [-0.15, -0.1) is 0 Å². The molecule has 0 bridgehead atoms. The van der Waals surface area contributed by atoms with E-state index in [4.69, 9.17) is 0 Å². The van der Waals surface area contributed by atoms with Crippen LogP contribution in [0, 0.1) is 6.92 Å². The summed E-state index contributed by atoms with van der Waals surface area (Å²) in [7, 11) is 0. The summed E-state index contributed by atoms with van der Waals surface area (Å²) in [5.41, 5.74) is 2.65. The van der Waals surface area contributed by atoms with Gasteiger partial charge in [-0.25, -0.2) is 9.97 Å². The third kappa shape index (κ3) is 1.54. The standard InChI is InChI=1S/C13H11N3O/c1-9-15-12-3-2-8-14-13(12)16(9)10-4-6-11(17)7-5-10/h2-8,17H,1H3. The van der Waals surface area contributed by atoms with Crippen molar-refractivity contribution in [3.8, 4) is 11.4 Å². The van der Waals surface area contributed by atoms with Gasteiger partial charge in [-0.05, 0) is 43.3 Å². The van der Waals surface area contributed by atoms with E-state index in [0.717, 1.165) is 22.7 Å². The molecule has 2 heterocycles. The first kappa shape index (κ1) is 9.84. The van der Waals surface area contributed by atoms with E-state index >= 15 is 0 Å². The Morgan fingerprint density at radius 3 is 2.65 bits per heavy atom. The van der Waals surface area contributed by atoms with Gasteiger partial charge in [0.2, 0.25) is 0 Å². The molecule has 0 atom stereocenters. The van der Waals surface area contributed by atoms with Crippen LogP contribution in [0.3, 0.4) is 0 Å². The van der Waals surface area contributed by atoms with Crippen molar-refractivity contribution in [2.24, 2.45) is 0 Å². The number of hydrogen-bond acceptors (Lipinski definition) is 3. The number of rotatable bonds is 1. The molecule has 84 valence electrons. The highest BCUT2D eigenvalue weighted by Gasteiger charge is 2.09. The van der Waals surface area contributed by atoms with Crippen LogP contribution in [0.2, 0.25) is 0 Å². The number of nitrogens with zero attached hydrogens (tertiary/aromatic N) is 3. The quantitative estimate of drug-likeness (QED) is 0.692. The van der Waals surface area contributed by atoms with Gasteiger partial charge in [0, 0.05) is 11.9 Å². The van der Waals surface area contributed by atoms with Crippen LogP contribution in [0.5, 0.6) is 5.75 Å². The van der Waals surface area contributed by atoms with E-state index in [9.17, 15) is 5.11 Å². The second-order valence-corrected chi connectivity index (χ2v) is 3.86. The molecule has 0 radical (unpaired) electrons. The van der Waals surface area contributed by atoms with Crippen molar-refractivity contribution < 1.29 is 5.11 Å². The fraction of sp³-hybridized carbons (Fsp3) is 0.0769. The molecule has 0 aliphatic heterocycles. The van der Waals surface area contributed by atoms with Crippen LogP contribution in [-0.4, -0.2) is 19.6 Å². The summed E-state index contributed by atoms with van der Waals surface area (Å²) in [6.45, 7) is 1.94. The first-order valence-electron chi connectivity index (χ1n) is 5.35. The molecule has 0 spiro atoms. The van der Waals surface area contributed by atoms with Crippen LogP contribution in [0.1, 0.15) is 5.82 Å². The molecular weight excluding hydrogens is 214 g/mol. The molecule has 17 heavy (non-hydrogen) atoms. The summed E-state index contributed by atoms with van der Waals surface area (Å²) in [6, 6.07) is 10.8. The van der Waals surface area contributed by atoms with Crippen LogP contribution < -0.4 is 0 Å². The summed E-state index contributed by atoms with van der Waals surface area (Å²) >= 11 is 0. The number of benzene rings is 1. The molecule has 0 aliphatic carbocycles. The molecule has 1 aromatic carbocycles. The zero-order valence-electron chi connectivity index (χ0n) is 9.33. The van der Waals surface area contributed by atoms with Gasteiger partial charge >= 0.3 is 0 Å². The summed E-state index contributed by atoms with van der Waals surface area (Å²) in [5.74, 6) is 1.13. The Hall–Kier alpha value is -2.36. The van der Waals surface area contributed by atoms with Gasteiger partial charge in [0.15, 0.2) is 5.65 Å². The lowest BCUT2D eigenvalue weighted by Gasteiger charge is -2.05. The number of imidazole rings is 1. The SMILES string of the molecule is Cc1nc2cccnc2n1-c1ccc(O)cc1. The van der Waals surface area contributed by atoms with Crippen molar-refractivity contribution in [1.82, 2.24) is 14.5 Å². The first-order valence-corrected chi connectivity index (χ1v) is 5.35. The van der Waals surface area contributed by atoms with Crippen LogP contribution in [-0.2, 0) is 0 Å². The fourth-order valence-corrected chi connectivity index (χ4v) is 1.94. The molecule has 4 nitrogen and oxygen atoms in total. The Morgan fingerprint density at radius 1 is 1.12 bits per heavy atom. The average molecular weight is 225 g/mol. The molecule has 2 aromatic heterocycles. The summed E-state index contributed by atoms with van der Waals surface area (Å²) in [4.78, 5) is 8.79. The second-order valence-electron chi connectivity index (χ2n) is 3.86. The van der Waals surface area contributed by atoms with E-state index in [1.807, 2.05) is 35.8 Å². The maximum atomic E-state index is 9.30. The molecule has 0 unspecified atom stereocenters. The van der Waals surface area contributed by atoms with E-state index in [1.165, 1.54) is 0 Å². The number of aromatic hydroxyl groups is 1. The Balaban J connectivity index is 2.29. The van der Waals surface area contributed by atoms with Crippen LogP contribution in [0.4, 0.5) is 0 Å². The van der Waals surface area contributed by atoms with Crippen LogP contribution in [0.15, 0.2) is 42.6 Å². The van der Waals surface area contributed by atoms with E-state index in [-0.39, 0.29) is 5.75 Å². The average Bonchev–Trinajstić information content (AvgIpc) is 2.66. The monoisotopic (exact) mass is 225 g/mol. The van der Waals surface area contributed by atoms with E-state index in [1.54, 1.807) is 18.3 Å². The van der Waals surface area contributed by atoms with Gasteiger partial charge in [-0.3, -0.25) is 4.57 Å². The van der Waals surface area contributed by atoms with Crippen molar-refractivity contribution in [2.75, 3.05) is 0 Å². The number of aromatic nitrogens is 3. The Kier molecular flexibility index (Phi) is 2.08. The van der Waals surface area contributed by atoms with Gasteiger partial charge in [-0.1, -0.05) is 0 Å². The zero-order valence-corrected chi connectivity index (χ0v) is 9.33. The smallest absolute Gasteiger partial charge is 0.164 e. The number of pyridine rings is 1. The van der Waals surface area contributed by atoms with E-state index < -0.39 is 0 Å². The van der Waals surface area contributed by atoms with Crippen LogP contribution >= 0.6 is 0 Å². The predicted octanol–water partition coefficient (Wildman–Crippen LogP) is 2.43.